The molecule has 1 fully saturated rings. The van der Waals surface area contributed by atoms with Crippen molar-refractivity contribution in [3.63, 3.8) is 0 Å². The molecule has 2 aromatic rings. The molecule has 0 aliphatic carbocycles. The Kier molecular flexibility index (Phi) is 3.24. The Hall–Kier alpha value is -1.47. The number of ether oxygens (including phenoxy) is 1. The Morgan fingerprint density at radius 3 is 3.00 bits per heavy atom. The Morgan fingerprint density at radius 1 is 1.47 bits per heavy atom. The Labute approximate surface area is 116 Å². The van der Waals surface area contributed by atoms with Gasteiger partial charge in [-0.3, -0.25) is 0 Å². The fourth-order valence-electron chi connectivity index (χ4n) is 2.12. The van der Waals surface area contributed by atoms with Crippen molar-refractivity contribution in [2.75, 3.05) is 13.2 Å². The molecule has 1 unspecified atom stereocenters. The molecule has 0 amide bonds. The Bertz CT molecular complexity index is 661. The summed E-state index contributed by atoms with van der Waals surface area (Å²) in [5, 5.41) is 4.05. The van der Waals surface area contributed by atoms with Gasteiger partial charge in [-0.25, -0.2) is 18.4 Å². The lowest BCUT2D eigenvalue weighted by molar-refractivity contribution is 0.183. The van der Waals surface area contributed by atoms with Crippen LogP contribution >= 0.6 is 15.9 Å². The minimum absolute atomic E-state index is 0.0627. The maximum absolute atomic E-state index is 13.9. The minimum atomic E-state index is -0.473. The molecule has 1 aromatic carbocycles. The largest absolute Gasteiger partial charge is 0.379 e. The fourth-order valence-corrected chi connectivity index (χ4v) is 2.46. The second kappa shape index (κ2) is 4.90. The van der Waals surface area contributed by atoms with Crippen molar-refractivity contribution in [3.8, 4) is 5.69 Å². The van der Waals surface area contributed by atoms with Crippen LogP contribution in [0.5, 0.6) is 0 Å². The molecule has 19 heavy (non-hydrogen) atoms. The number of nitrogens with zero attached hydrogens (tertiary/aromatic N) is 3. The van der Waals surface area contributed by atoms with E-state index in [1.54, 1.807) is 6.07 Å². The third kappa shape index (κ3) is 2.23. The third-order valence-corrected chi connectivity index (χ3v) is 3.61. The van der Waals surface area contributed by atoms with Crippen molar-refractivity contribution in [2.45, 2.75) is 12.5 Å². The summed E-state index contributed by atoms with van der Waals surface area (Å²) in [6.45, 7) is 1.09. The van der Waals surface area contributed by atoms with E-state index in [9.17, 15) is 9.18 Å². The van der Waals surface area contributed by atoms with Crippen molar-refractivity contribution in [2.24, 2.45) is 0 Å². The smallest absolute Gasteiger partial charge is 0.350 e. The summed E-state index contributed by atoms with van der Waals surface area (Å²) < 4.78 is 22.3. The molecule has 1 aliphatic heterocycles. The molecule has 7 heteroatoms. The summed E-state index contributed by atoms with van der Waals surface area (Å²) in [4.78, 5) is 12.2. The highest BCUT2D eigenvalue weighted by Gasteiger charge is 2.22. The van der Waals surface area contributed by atoms with Gasteiger partial charge in [-0.15, -0.1) is 0 Å². The fraction of sp³-hybridized carbons (Fsp3) is 0.333. The van der Waals surface area contributed by atoms with Gasteiger partial charge in [0, 0.05) is 11.1 Å². The van der Waals surface area contributed by atoms with Crippen LogP contribution in [0.2, 0.25) is 0 Å². The SMILES string of the molecule is O=c1n(-c2ccc(Br)cc2F)cnn1C1CCOC1. The van der Waals surface area contributed by atoms with Gasteiger partial charge in [-0.2, -0.15) is 5.10 Å². The van der Waals surface area contributed by atoms with Crippen LogP contribution in [-0.4, -0.2) is 27.6 Å². The lowest BCUT2D eigenvalue weighted by Crippen LogP contribution is -2.28. The van der Waals surface area contributed by atoms with Crippen LogP contribution in [0.25, 0.3) is 5.69 Å². The standard InChI is InChI=1S/C12H11BrFN3O2/c13-8-1-2-11(10(14)5-8)16-7-15-17(12(16)18)9-3-4-19-6-9/h1-2,5,7,9H,3-4,6H2. The van der Waals surface area contributed by atoms with E-state index in [1.807, 2.05) is 0 Å². The van der Waals surface area contributed by atoms with Crippen LogP contribution in [0, 0.1) is 5.82 Å². The monoisotopic (exact) mass is 327 g/mol. The lowest BCUT2D eigenvalue weighted by Gasteiger charge is -2.06. The van der Waals surface area contributed by atoms with Crippen LogP contribution in [-0.2, 0) is 4.74 Å². The predicted molar refractivity (Wildman–Crippen MR) is 70.0 cm³/mol. The van der Waals surface area contributed by atoms with E-state index < -0.39 is 5.82 Å². The van der Waals surface area contributed by atoms with Crippen LogP contribution in [0.4, 0.5) is 4.39 Å². The number of aromatic nitrogens is 3. The molecule has 5 nitrogen and oxygen atoms in total. The summed E-state index contributed by atoms with van der Waals surface area (Å²) >= 11 is 3.18. The molecule has 0 radical (unpaired) electrons. The molecule has 1 aliphatic rings. The average molecular weight is 328 g/mol. The van der Waals surface area contributed by atoms with Crippen LogP contribution in [0.15, 0.2) is 33.8 Å². The number of halogens is 2. The van der Waals surface area contributed by atoms with Gasteiger partial charge in [-0.05, 0) is 24.6 Å². The zero-order valence-corrected chi connectivity index (χ0v) is 11.5. The first-order valence-electron chi connectivity index (χ1n) is 5.86. The van der Waals surface area contributed by atoms with Gasteiger partial charge in [0.1, 0.15) is 12.1 Å². The van der Waals surface area contributed by atoms with E-state index in [0.717, 1.165) is 6.42 Å². The molecular weight excluding hydrogens is 317 g/mol. The van der Waals surface area contributed by atoms with Crippen LogP contribution in [0.3, 0.4) is 0 Å². The molecule has 0 bridgehead atoms. The lowest BCUT2D eigenvalue weighted by atomic mass is 10.3. The Balaban J connectivity index is 2.04. The van der Waals surface area contributed by atoms with Gasteiger partial charge in [0.2, 0.25) is 0 Å². The van der Waals surface area contributed by atoms with E-state index in [0.29, 0.717) is 17.7 Å². The summed E-state index contributed by atoms with van der Waals surface area (Å²) in [5.41, 5.74) is -0.157. The van der Waals surface area contributed by atoms with Crippen molar-refractivity contribution in [3.05, 3.63) is 45.3 Å². The molecule has 1 atom stereocenters. The van der Waals surface area contributed by atoms with Gasteiger partial charge in [-0.1, -0.05) is 15.9 Å². The minimum Gasteiger partial charge on any atom is -0.379 e. The molecule has 0 spiro atoms. The molecule has 0 N–H and O–H groups in total. The molecule has 0 saturated carbocycles. The molecular formula is C12H11BrFN3O2. The van der Waals surface area contributed by atoms with Crippen molar-refractivity contribution in [1.82, 2.24) is 14.3 Å². The van der Waals surface area contributed by atoms with Crippen molar-refractivity contribution < 1.29 is 9.13 Å². The molecule has 1 aromatic heterocycles. The average Bonchev–Trinajstić information content (AvgIpc) is 2.99. The summed E-state index contributed by atoms with van der Waals surface area (Å²) in [6, 6.07) is 4.48. The first kappa shape index (κ1) is 12.6. The second-order valence-electron chi connectivity index (χ2n) is 4.34. The van der Waals surface area contributed by atoms with Crippen LogP contribution < -0.4 is 5.69 Å². The highest BCUT2D eigenvalue weighted by atomic mass is 79.9. The highest BCUT2D eigenvalue weighted by Crippen LogP contribution is 2.19. The normalized spacial score (nSPS) is 18.9. The maximum Gasteiger partial charge on any atom is 0.350 e. The van der Waals surface area contributed by atoms with E-state index in [2.05, 4.69) is 21.0 Å². The number of hydrogen-bond donors (Lipinski definition) is 0. The van der Waals surface area contributed by atoms with E-state index >= 15 is 0 Å². The topological polar surface area (TPSA) is 49.0 Å². The first-order valence-corrected chi connectivity index (χ1v) is 6.65. The predicted octanol–water partition coefficient (Wildman–Crippen LogP) is 1.90. The second-order valence-corrected chi connectivity index (χ2v) is 5.26. The van der Waals surface area contributed by atoms with E-state index in [1.165, 1.54) is 27.7 Å². The van der Waals surface area contributed by atoms with Gasteiger partial charge < -0.3 is 4.74 Å². The van der Waals surface area contributed by atoms with E-state index in [4.69, 9.17) is 4.74 Å². The first-order chi connectivity index (χ1) is 9.16. The summed E-state index contributed by atoms with van der Waals surface area (Å²) in [7, 11) is 0. The Morgan fingerprint density at radius 2 is 2.32 bits per heavy atom. The molecule has 100 valence electrons. The zero-order valence-electron chi connectivity index (χ0n) is 9.92. The molecule has 2 heterocycles. The zero-order chi connectivity index (χ0) is 13.4. The van der Waals surface area contributed by atoms with Crippen LogP contribution in [0.1, 0.15) is 12.5 Å². The molecule has 1 saturated heterocycles. The number of hydrogen-bond acceptors (Lipinski definition) is 3. The number of benzene rings is 1. The molecule has 3 rings (SSSR count). The maximum atomic E-state index is 13.9. The third-order valence-electron chi connectivity index (χ3n) is 3.11. The quantitative estimate of drug-likeness (QED) is 0.846. The van der Waals surface area contributed by atoms with E-state index in [-0.39, 0.29) is 17.4 Å². The van der Waals surface area contributed by atoms with Crippen molar-refractivity contribution in [1.29, 1.82) is 0 Å². The van der Waals surface area contributed by atoms with Gasteiger partial charge in [0.15, 0.2) is 0 Å². The van der Waals surface area contributed by atoms with Crippen molar-refractivity contribution >= 4 is 15.9 Å². The summed E-state index contributed by atoms with van der Waals surface area (Å²) in [5.74, 6) is -0.473. The highest BCUT2D eigenvalue weighted by molar-refractivity contribution is 9.10. The summed E-state index contributed by atoms with van der Waals surface area (Å²) in [6.07, 6.45) is 2.09. The van der Waals surface area contributed by atoms with Gasteiger partial charge in [0.25, 0.3) is 0 Å². The van der Waals surface area contributed by atoms with Gasteiger partial charge >= 0.3 is 5.69 Å². The van der Waals surface area contributed by atoms with Gasteiger partial charge in [0.05, 0.1) is 18.3 Å². The number of rotatable bonds is 2.